The van der Waals surface area contributed by atoms with Gasteiger partial charge in [0.2, 0.25) is 5.91 Å². The van der Waals surface area contributed by atoms with E-state index in [0.29, 0.717) is 37.5 Å². The molecule has 2 unspecified atom stereocenters. The van der Waals surface area contributed by atoms with Crippen LogP contribution in [0, 0.1) is 0 Å². The number of hydrogen-bond acceptors (Lipinski definition) is 7. The first kappa shape index (κ1) is 29.0. The van der Waals surface area contributed by atoms with E-state index in [1.165, 1.54) is 11.8 Å². The third-order valence-electron chi connectivity index (χ3n) is 7.60. The number of allylic oxidation sites excluding steroid dienone is 1. The van der Waals surface area contributed by atoms with Crippen molar-refractivity contribution < 1.29 is 19.1 Å². The van der Waals surface area contributed by atoms with Crippen molar-refractivity contribution in [1.82, 2.24) is 15.1 Å². The second-order valence-electron chi connectivity index (χ2n) is 10.3. The van der Waals surface area contributed by atoms with Crippen molar-refractivity contribution in [3.8, 4) is 5.75 Å². The van der Waals surface area contributed by atoms with Crippen LogP contribution in [0.3, 0.4) is 0 Å². The lowest BCUT2D eigenvalue weighted by atomic mass is 9.92. The van der Waals surface area contributed by atoms with Gasteiger partial charge < -0.3 is 24.6 Å². The monoisotopic (exact) mass is 574 g/mol. The molecule has 0 aromatic heterocycles. The van der Waals surface area contributed by atoms with Crippen molar-refractivity contribution in [3.63, 3.8) is 0 Å². The van der Waals surface area contributed by atoms with Crippen molar-refractivity contribution in [1.29, 1.82) is 0 Å². The van der Waals surface area contributed by atoms with E-state index >= 15 is 0 Å². The second kappa shape index (κ2) is 13.4. The molecule has 0 spiro atoms. The lowest BCUT2D eigenvalue weighted by Gasteiger charge is -2.38. The Balaban J connectivity index is 1.44. The van der Waals surface area contributed by atoms with Crippen molar-refractivity contribution in [3.05, 3.63) is 88.1 Å². The molecule has 2 atom stereocenters. The number of amidine groups is 1. The number of likely N-dealkylation sites (N-methyl/N-ethyl adjacent to an activating group) is 1. The van der Waals surface area contributed by atoms with Crippen LogP contribution in [-0.2, 0) is 20.9 Å². The van der Waals surface area contributed by atoms with Crippen LogP contribution in [0.4, 0.5) is 0 Å². The molecule has 8 nitrogen and oxygen atoms in total. The van der Waals surface area contributed by atoms with Crippen LogP contribution in [0.2, 0.25) is 0 Å². The molecule has 5 rings (SSSR count). The van der Waals surface area contributed by atoms with Crippen LogP contribution >= 0.6 is 11.8 Å². The van der Waals surface area contributed by atoms with Gasteiger partial charge in [0.1, 0.15) is 12.4 Å². The summed E-state index contributed by atoms with van der Waals surface area (Å²) in [7, 11) is 0. The molecular formula is C32H38N4O4S. The van der Waals surface area contributed by atoms with Gasteiger partial charge in [0.15, 0.2) is 5.17 Å². The predicted octanol–water partition coefficient (Wildman–Crippen LogP) is 5.39. The average molecular weight is 575 g/mol. The zero-order chi connectivity index (χ0) is 28.8. The molecule has 216 valence electrons. The molecule has 1 fully saturated rings. The van der Waals surface area contributed by atoms with E-state index in [0.717, 1.165) is 47.2 Å². The van der Waals surface area contributed by atoms with Gasteiger partial charge in [-0.15, -0.1) is 0 Å². The molecule has 0 saturated carbocycles. The van der Waals surface area contributed by atoms with Crippen LogP contribution in [0.5, 0.6) is 5.75 Å². The van der Waals surface area contributed by atoms with Gasteiger partial charge in [-0.25, -0.2) is 4.99 Å². The Labute approximate surface area is 246 Å². The predicted molar refractivity (Wildman–Crippen MR) is 162 cm³/mol. The molecule has 1 saturated heterocycles. The standard InChI is InChI=1S/C32H38N4O4S/c1-4-35(5-2)31(38)29-22(3)34-32-36(25(21-41-32)18-28(37)33-19-27-15-10-16-39-27)30(29)24-13-9-14-26(17-24)40-20-23-11-7-6-8-12-23/h6-9,11-14,17,21,27,30H,4-5,10,15-16,18-20H2,1-3H3,(H,33,37). The maximum atomic E-state index is 13.9. The molecule has 41 heavy (non-hydrogen) atoms. The van der Waals surface area contributed by atoms with Crippen LogP contribution in [0.15, 0.2) is 82.0 Å². The Morgan fingerprint density at radius 2 is 1.95 bits per heavy atom. The molecule has 2 aromatic rings. The Kier molecular flexibility index (Phi) is 9.46. The highest BCUT2D eigenvalue weighted by Gasteiger charge is 2.41. The van der Waals surface area contributed by atoms with Crippen molar-refractivity contribution in [2.75, 3.05) is 26.2 Å². The lowest BCUT2D eigenvalue weighted by Crippen LogP contribution is -2.42. The molecule has 2 amide bonds. The van der Waals surface area contributed by atoms with E-state index in [1.807, 2.05) is 85.7 Å². The Hall–Kier alpha value is -3.56. The topological polar surface area (TPSA) is 83.5 Å². The van der Waals surface area contributed by atoms with Gasteiger partial charge in [-0.1, -0.05) is 54.2 Å². The van der Waals surface area contributed by atoms with Gasteiger partial charge in [0.05, 0.1) is 29.8 Å². The first-order valence-electron chi connectivity index (χ1n) is 14.4. The van der Waals surface area contributed by atoms with E-state index in [4.69, 9.17) is 14.5 Å². The molecule has 0 bridgehead atoms. The number of rotatable bonds is 11. The maximum Gasteiger partial charge on any atom is 0.254 e. The molecule has 3 aliphatic rings. The highest BCUT2D eigenvalue weighted by atomic mass is 32.2. The van der Waals surface area contributed by atoms with Gasteiger partial charge >= 0.3 is 0 Å². The van der Waals surface area contributed by atoms with Gasteiger partial charge in [-0.3, -0.25) is 9.59 Å². The number of hydrogen-bond donors (Lipinski definition) is 1. The summed E-state index contributed by atoms with van der Waals surface area (Å²) in [6.07, 6.45) is 2.26. The molecule has 1 N–H and O–H groups in total. The Morgan fingerprint density at radius 3 is 2.68 bits per heavy atom. The summed E-state index contributed by atoms with van der Waals surface area (Å²) in [5, 5.41) is 5.78. The summed E-state index contributed by atoms with van der Waals surface area (Å²) in [5.74, 6) is 0.597. The normalized spacial score (nSPS) is 19.9. The number of carbonyl (C=O) groups excluding carboxylic acids is 2. The summed E-state index contributed by atoms with van der Waals surface area (Å²) in [4.78, 5) is 35.7. The maximum absolute atomic E-state index is 13.9. The van der Waals surface area contributed by atoms with Crippen LogP contribution < -0.4 is 10.1 Å². The number of fused-ring (bicyclic) bond motifs is 1. The van der Waals surface area contributed by atoms with Gasteiger partial charge in [0.25, 0.3) is 5.91 Å². The summed E-state index contributed by atoms with van der Waals surface area (Å²) in [6, 6.07) is 17.5. The van der Waals surface area contributed by atoms with Gasteiger partial charge in [-0.2, -0.15) is 0 Å². The summed E-state index contributed by atoms with van der Waals surface area (Å²) in [6.45, 7) is 8.76. The lowest BCUT2D eigenvalue weighted by molar-refractivity contribution is -0.127. The van der Waals surface area contributed by atoms with Crippen molar-refractivity contribution in [2.45, 2.75) is 58.8 Å². The fourth-order valence-electron chi connectivity index (χ4n) is 5.42. The number of nitrogens with zero attached hydrogens (tertiary/aromatic N) is 3. The van der Waals surface area contributed by atoms with Crippen molar-refractivity contribution >= 4 is 28.7 Å². The SMILES string of the molecule is CCN(CC)C(=O)C1=C(C)N=C2SC=C(CC(=O)NCC3CCCO3)N2C1c1cccc(OCc2ccccc2)c1. The number of nitrogens with one attached hydrogen (secondary N) is 1. The molecule has 0 radical (unpaired) electrons. The summed E-state index contributed by atoms with van der Waals surface area (Å²) >= 11 is 1.49. The van der Waals surface area contributed by atoms with Crippen LogP contribution in [-0.4, -0.2) is 59.1 Å². The first-order chi connectivity index (χ1) is 20.0. The minimum atomic E-state index is -0.442. The molecule has 2 aromatic carbocycles. The molecule has 3 aliphatic heterocycles. The van der Waals surface area contributed by atoms with E-state index in [2.05, 4.69) is 10.2 Å². The van der Waals surface area contributed by atoms with Gasteiger partial charge in [-0.05, 0) is 62.3 Å². The fraction of sp³-hybridized carbons (Fsp3) is 0.406. The number of carbonyl (C=O) groups is 2. The molecular weight excluding hydrogens is 536 g/mol. The highest BCUT2D eigenvalue weighted by Crippen LogP contribution is 2.45. The van der Waals surface area contributed by atoms with E-state index in [1.54, 1.807) is 0 Å². The fourth-order valence-corrected chi connectivity index (χ4v) is 6.38. The largest absolute Gasteiger partial charge is 0.489 e. The van der Waals surface area contributed by atoms with E-state index in [-0.39, 0.29) is 24.3 Å². The number of aliphatic imine (C=N–C) groups is 1. The molecule has 3 heterocycles. The molecule has 9 heteroatoms. The van der Waals surface area contributed by atoms with Crippen molar-refractivity contribution in [2.24, 2.45) is 4.99 Å². The van der Waals surface area contributed by atoms with Crippen LogP contribution in [0.1, 0.15) is 57.2 Å². The van der Waals surface area contributed by atoms with Gasteiger partial charge in [0, 0.05) is 31.9 Å². The molecule has 0 aliphatic carbocycles. The zero-order valence-corrected chi connectivity index (χ0v) is 24.8. The minimum absolute atomic E-state index is 0.0463. The van der Waals surface area contributed by atoms with Crippen LogP contribution in [0.25, 0.3) is 0 Å². The quantitative estimate of drug-likeness (QED) is 0.387. The third kappa shape index (κ3) is 6.68. The summed E-state index contributed by atoms with van der Waals surface area (Å²) < 4.78 is 11.8. The van der Waals surface area contributed by atoms with E-state index in [9.17, 15) is 9.59 Å². The first-order valence-corrected chi connectivity index (χ1v) is 15.2. The number of ether oxygens (including phenoxy) is 2. The third-order valence-corrected chi connectivity index (χ3v) is 8.49. The Morgan fingerprint density at radius 1 is 1.15 bits per heavy atom. The number of thioether (sulfide) groups is 1. The summed E-state index contributed by atoms with van der Waals surface area (Å²) in [5.41, 5.74) is 4.11. The zero-order valence-electron chi connectivity index (χ0n) is 24.0. The second-order valence-corrected chi connectivity index (χ2v) is 11.2. The van der Waals surface area contributed by atoms with E-state index < -0.39 is 6.04 Å². The minimum Gasteiger partial charge on any atom is -0.489 e. The smallest absolute Gasteiger partial charge is 0.254 e. The number of benzene rings is 2. The average Bonchev–Trinajstić information content (AvgIpc) is 3.66. The highest BCUT2D eigenvalue weighted by molar-refractivity contribution is 8.16. The Bertz CT molecular complexity index is 1350. The number of amides is 2.